The third-order valence-electron chi connectivity index (χ3n) is 5.08. The molecule has 2 aromatic heterocycles. The Hall–Kier alpha value is -2.29. The van der Waals surface area contributed by atoms with E-state index in [1.807, 2.05) is 6.92 Å². The van der Waals surface area contributed by atoms with E-state index in [1.165, 1.54) is 0 Å². The molecule has 1 atom stereocenters. The molecule has 0 radical (unpaired) electrons. The summed E-state index contributed by atoms with van der Waals surface area (Å²) in [6, 6.07) is 3.50. The van der Waals surface area contributed by atoms with E-state index in [0.29, 0.717) is 24.5 Å². The van der Waals surface area contributed by atoms with Gasteiger partial charge in [-0.3, -0.25) is 9.36 Å². The number of nitrogens with zero attached hydrogens (tertiary/aromatic N) is 3. The molecule has 190 valence electrons. The monoisotopic (exact) mass is 497 g/mol. The van der Waals surface area contributed by atoms with E-state index in [4.69, 9.17) is 23.0 Å². The molecule has 2 rings (SSSR count). The molecule has 10 nitrogen and oxygen atoms in total. The lowest BCUT2D eigenvalue weighted by Gasteiger charge is -2.29. The van der Waals surface area contributed by atoms with Gasteiger partial charge in [-0.15, -0.1) is 0 Å². The fourth-order valence-electron chi connectivity index (χ4n) is 2.85. The van der Waals surface area contributed by atoms with Gasteiger partial charge in [0.1, 0.15) is 5.60 Å². The van der Waals surface area contributed by atoms with Crippen LogP contribution in [0.2, 0.25) is 0 Å². The summed E-state index contributed by atoms with van der Waals surface area (Å²) in [4.78, 5) is 21.7. The van der Waals surface area contributed by atoms with Crippen LogP contribution in [0.3, 0.4) is 0 Å². The molecule has 0 amide bonds. The summed E-state index contributed by atoms with van der Waals surface area (Å²) in [6.07, 6.45) is 3.98. The van der Waals surface area contributed by atoms with Crippen LogP contribution in [0.15, 0.2) is 22.9 Å². The quantitative estimate of drug-likeness (QED) is 0.184. The Morgan fingerprint density at radius 2 is 1.85 bits per heavy atom. The minimum absolute atomic E-state index is 0.103. The minimum atomic E-state index is -3.86. The molecule has 0 saturated heterocycles. The molecule has 1 unspecified atom stereocenters. The molecule has 2 aromatic rings. The van der Waals surface area contributed by atoms with Crippen molar-refractivity contribution in [2.45, 2.75) is 78.5 Å². The van der Waals surface area contributed by atoms with Gasteiger partial charge in [0.25, 0.3) is 0 Å². The fraction of sp³-hybridized carbons (Fsp3) is 0.652. The third-order valence-corrected chi connectivity index (χ3v) is 7.47. The van der Waals surface area contributed by atoms with Gasteiger partial charge in [-0.2, -0.15) is 4.98 Å². The maximum absolute atomic E-state index is 13.5. The molecule has 0 bridgehead atoms. The van der Waals surface area contributed by atoms with E-state index < -0.39 is 24.8 Å². The number of hydrogen-bond acceptors (Lipinski definition) is 10. The lowest BCUT2D eigenvalue weighted by Crippen LogP contribution is -2.35. The summed E-state index contributed by atoms with van der Waals surface area (Å²) in [5, 5.41) is 3.98. The van der Waals surface area contributed by atoms with Crippen molar-refractivity contribution in [3.8, 4) is 17.3 Å². The molecule has 0 aromatic carbocycles. The van der Waals surface area contributed by atoms with E-state index in [1.54, 1.807) is 46.0 Å². The van der Waals surface area contributed by atoms with Crippen LogP contribution in [-0.2, 0) is 29.6 Å². The first kappa shape index (κ1) is 28.0. The smallest absolute Gasteiger partial charge is 0.345 e. The Labute approximate surface area is 201 Å². The Kier molecular flexibility index (Phi) is 10.7. The minimum Gasteiger partial charge on any atom is -0.478 e. The van der Waals surface area contributed by atoms with E-state index in [-0.39, 0.29) is 31.3 Å². The van der Waals surface area contributed by atoms with E-state index in [2.05, 4.69) is 22.0 Å². The Bertz CT molecular complexity index is 936. The van der Waals surface area contributed by atoms with Gasteiger partial charge in [-0.05, 0) is 46.6 Å². The van der Waals surface area contributed by atoms with Crippen LogP contribution in [0, 0.1) is 0 Å². The molecular formula is C23H36N3O7P. The number of ether oxygens (including phenoxy) is 2. The van der Waals surface area contributed by atoms with Crippen molar-refractivity contribution in [2.75, 3.05) is 19.8 Å². The molecular weight excluding hydrogens is 461 g/mol. The number of pyridine rings is 1. The number of esters is 1. The van der Waals surface area contributed by atoms with Gasteiger partial charge in [0.05, 0.1) is 26.2 Å². The normalized spacial score (nSPS) is 13.0. The van der Waals surface area contributed by atoms with Gasteiger partial charge in [0.2, 0.25) is 17.6 Å². The molecule has 0 aliphatic carbocycles. The van der Waals surface area contributed by atoms with Crippen LogP contribution in [0.4, 0.5) is 0 Å². The predicted octanol–water partition coefficient (Wildman–Crippen LogP) is 5.22. The van der Waals surface area contributed by atoms with Crippen molar-refractivity contribution in [1.82, 2.24) is 15.1 Å². The molecule has 0 aliphatic rings. The largest absolute Gasteiger partial charge is 0.478 e. The summed E-state index contributed by atoms with van der Waals surface area (Å²) in [7, 11) is -3.86. The average Bonchev–Trinajstić information content (AvgIpc) is 3.27. The second kappa shape index (κ2) is 13.0. The predicted molar refractivity (Wildman–Crippen MR) is 127 cm³/mol. The zero-order valence-electron chi connectivity index (χ0n) is 20.9. The zero-order chi connectivity index (χ0) is 25.2. The first-order valence-electron chi connectivity index (χ1n) is 11.7. The van der Waals surface area contributed by atoms with Crippen LogP contribution in [-0.4, -0.2) is 52.2 Å². The molecule has 2 heterocycles. The average molecular weight is 498 g/mol. The topological polar surface area (TPSA) is 123 Å². The van der Waals surface area contributed by atoms with Gasteiger partial charge < -0.3 is 23.0 Å². The van der Waals surface area contributed by atoms with E-state index in [9.17, 15) is 9.36 Å². The third kappa shape index (κ3) is 7.89. The molecule has 11 heteroatoms. The van der Waals surface area contributed by atoms with Crippen LogP contribution < -0.4 is 4.74 Å². The molecule has 34 heavy (non-hydrogen) atoms. The molecule has 0 saturated carbocycles. The van der Waals surface area contributed by atoms with Gasteiger partial charge in [0, 0.05) is 17.8 Å². The van der Waals surface area contributed by atoms with Gasteiger partial charge in [0.15, 0.2) is 5.66 Å². The number of unbranched alkanes of at least 4 members (excludes halogenated alkanes) is 1. The Morgan fingerprint density at radius 1 is 1.15 bits per heavy atom. The van der Waals surface area contributed by atoms with Crippen molar-refractivity contribution < 1.29 is 32.4 Å². The Balaban J connectivity index is 2.25. The standard InChI is InChI=1S/C23H36N3O7P/c1-7-11-14-29-19-13-12-17(16-24-19)21-25-20(33-26-21)15-18(22(27)32-23(5,6)8-2)34(28,30-9-3)31-10-4/h12-13,16,18H,7-11,14-15H2,1-6H3. The second-order valence-corrected chi connectivity index (χ2v) is 10.4. The first-order valence-corrected chi connectivity index (χ1v) is 13.3. The van der Waals surface area contributed by atoms with Crippen molar-refractivity contribution in [3.63, 3.8) is 0 Å². The lowest BCUT2D eigenvalue weighted by atomic mass is 10.1. The van der Waals surface area contributed by atoms with Crippen LogP contribution in [0.25, 0.3) is 11.4 Å². The van der Waals surface area contributed by atoms with Crippen LogP contribution >= 0.6 is 7.60 Å². The number of carbonyl (C=O) groups is 1. The summed E-state index contributed by atoms with van der Waals surface area (Å²) in [5.74, 6) is 0.198. The summed E-state index contributed by atoms with van der Waals surface area (Å²) in [5.41, 5.74) is -1.38. The van der Waals surface area contributed by atoms with Gasteiger partial charge >= 0.3 is 13.6 Å². The number of hydrogen-bond donors (Lipinski definition) is 0. The first-order chi connectivity index (χ1) is 16.2. The number of rotatable bonds is 15. The maximum atomic E-state index is 13.5. The van der Waals surface area contributed by atoms with Gasteiger partial charge in [-0.25, -0.2) is 4.98 Å². The highest BCUT2D eigenvalue weighted by molar-refractivity contribution is 7.55. The molecule has 0 spiro atoms. The highest BCUT2D eigenvalue weighted by Gasteiger charge is 2.45. The molecule has 0 aliphatic heterocycles. The van der Waals surface area contributed by atoms with Crippen molar-refractivity contribution in [1.29, 1.82) is 0 Å². The summed E-state index contributed by atoms with van der Waals surface area (Å²) < 4.78 is 40.9. The van der Waals surface area contributed by atoms with E-state index >= 15 is 0 Å². The highest BCUT2D eigenvalue weighted by Crippen LogP contribution is 2.54. The lowest BCUT2D eigenvalue weighted by molar-refractivity contribution is -0.156. The van der Waals surface area contributed by atoms with Crippen LogP contribution in [0.1, 0.15) is 66.7 Å². The van der Waals surface area contributed by atoms with Gasteiger partial charge in [-0.1, -0.05) is 25.4 Å². The number of aromatic nitrogens is 3. The fourth-order valence-corrected chi connectivity index (χ4v) is 4.70. The van der Waals surface area contributed by atoms with Crippen molar-refractivity contribution in [3.05, 3.63) is 24.2 Å². The van der Waals surface area contributed by atoms with Crippen LogP contribution in [0.5, 0.6) is 5.88 Å². The van der Waals surface area contributed by atoms with Crippen molar-refractivity contribution >= 4 is 13.6 Å². The second-order valence-electron chi connectivity index (χ2n) is 8.23. The number of carbonyl (C=O) groups excluding carboxylic acids is 1. The highest BCUT2D eigenvalue weighted by atomic mass is 31.2. The maximum Gasteiger partial charge on any atom is 0.345 e. The summed E-state index contributed by atoms with van der Waals surface area (Å²) in [6.45, 7) is 11.7. The summed E-state index contributed by atoms with van der Waals surface area (Å²) >= 11 is 0. The Morgan fingerprint density at radius 3 is 2.41 bits per heavy atom. The van der Waals surface area contributed by atoms with Crippen molar-refractivity contribution in [2.24, 2.45) is 0 Å². The molecule has 0 N–H and O–H groups in total. The molecule has 0 fully saturated rings. The zero-order valence-corrected chi connectivity index (χ0v) is 21.8. The SMILES string of the molecule is CCCCOc1ccc(-c2noc(CC(C(=O)OC(C)(C)CC)P(=O)(OCC)OCC)n2)cn1. The van der Waals surface area contributed by atoms with E-state index in [0.717, 1.165) is 12.8 Å².